The smallest absolute Gasteiger partial charge is 0.160 e. The van der Waals surface area contributed by atoms with Crippen LogP contribution in [0.4, 0.5) is 5.69 Å². The lowest BCUT2D eigenvalue weighted by atomic mass is 10.0. The van der Waals surface area contributed by atoms with Crippen molar-refractivity contribution in [1.29, 1.82) is 0 Å². The highest BCUT2D eigenvalue weighted by Gasteiger charge is 2.15. The number of aryl methyl sites for hydroxylation is 5. The number of para-hydroxylation sites is 1. The van der Waals surface area contributed by atoms with E-state index in [1.54, 1.807) is 0 Å². The third-order valence-electron chi connectivity index (χ3n) is 7.07. The van der Waals surface area contributed by atoms with Crippen molar-refractivity contribution in [2.45, 2.75) is 41.5 Å². The Morgan fingerprint density at radius 3 is 1.60 bits per heavy atom. The van der Waals surface area contributed by atoms with Crippen LogP contribution in [-0.4, -0.2) is 15.7 Å². The summed E-state index contributed by atoms with van der Waals surface area (Å²) in [4.78, 5) is 14.7. The van der Waals surface area contributed by atoms with Crippen LogP contribution in [0.3, 0.4) is 0 Å². The zero-order valence-electron chi connectivity index (χ0n) is 24.4. The zero-order valence-corrected chi connectivity index (χ0v) is 24.4. The lowest BCUT2D eigenvalue weighted by Crippen LogP contribution is -2.10. The maximum absolute atomic E-state index is 5.11. The Bertz CT molecular complexity index is 1610. The number of benzene rings is 4. The second-order valence-corrected chi connectivity index (χ2v) is 10.1. The molecule has 3 nitrogen and oxygen atoms in total. The van der Waals surface area contributed by atoms with Crippen LogP contribution >= 0.6 is 0 Å². The van der Waals surface area contributed by atoms with E-state index in [2.05, 4.69) is 94.7 Å². The van der Waals surface area contributed by atoms with Gasteiger partial charge in [-0.25, -0.2) is 15.0 Å². The van der Waals surface area contributed by atoms with E-state index in [4.69, 9.17) is 9.98 Å². The molecule has 0 unspecified atom stereocenters. The molecule has 0 atom stereocenters. The van der Waals surface area contributed by atoms with E-state index in [0.717, 1.165) is 50.6 Å². The number of nitrogens with zero attached hydrogens (tertiary/aromatic N) is 3. The molecule has 0 aliphatic carbocycles. The first kappa shape index (κ1) is 28.4. The molecule has 0 N–H and O–H groups in total. The normalized spacial score (nSPS) is 11.0. The van der Waals surface area contributed by atoms with Crippen molar-refractivity contribution in [3.8, 4) is 0 Å². The van der Waals surface area contributed by atoms with Crippen LogP contribution in [0.5, 0.6) is 0 Å². The fourth-order valence-corrected chi connectivity index (χ4v) is 4.45. The van der Waals surface area contributed by atoms with Crippen LogP contribution in [0.1, 0.15) is 56.2 Å². The molecule has 0 aliphatic rings. The third kappa shape index (κ3) is 6.86. The summed E-state index contributed by atoms with van der Waals surface area (Å²) in [7, 11) is 0. The maximum atomic E-state index is 5.11. The Labute approximate surface area is 239 Å². The van der Waals surface area contributed by atoms with Crippen LogP contribution in [0.25, 0.3) is 5.57 Å². The second-order valence-electron chi connectivity index (χ2n) is 10.1. The first-order valence-electron chi connectivity index (χ1n) is 13.6. The molecule has 1 aromatic heterocycles. The molecule has 0 radical (unpaired) electrons. The van der Waals surface area contributed by atoms with Crippen LogP contribution in [0.15, 0.2) is 115 Å². The topological polar surface area (TPSA) is 38.1 Å². The number of rotatable bonds is 5. The molecule has 0 saturated heterocycles. The minimum atomic E-state index is 0.617. The van der Waals surface area contributed by atoms with Crippen molar-refractivity contribution >= 4 is 17.0 Å². The van der Waals surface area contributed by atoms with Gasteiger partial charge in [-0.2, -0.15) is 0 Å². The third-order valence-corrected chi connectivity index (χ3v) is 7.07. The Hall–Kier alpha value is -4.63. The fraction of sp³-hybridized carbons (Fsp3) is 0.162. The van der Waals surface area contributed by atoms with E-state index in [1.165, 1.54) is 16.7 Å². The SMILES string of the molecule is C=C(c1ccccc1)c1nc(C)cc(C(=Nc2c(C)cccc2C)c2ccccc2)n1.Cc1cccc(C)c1C. The summed E-state index contributed by atoms with van der Waals surface area (Å²) in [6.45, 7) is 16.8. The molecule has 0 saturated carbocycles. The molecule has 0 spiro atoms. The molecule has 0 amide bonds. The average molecular weight is 524 g/mol. The zero-order chi connectivity index (χ0) is 28.6. The van der Waals surface area contributed by atoms with Crippen molar-refractivity contribution in [2.24, 2.45) is 4.99 Å². The summed E-state index contributed by atoms with van der Waals surface area (Å²) in [5.74, 6) is 0.617. The quantitative estimate of drug-likeness (QED) is 0.215. The number of hydrogen-bond donors (Lipinski definition) is 0. The molecule has 0 bridgehead atoms. The monoisotopic (exact) mass is 523 g/mol. The summed E-state index contributed by atoms with van der Waals surface area (Å²) in [6.07, 6.45) is 0. The summed E-state index contributed by atoms with van der Waals surface area (Å²) in [5.41, 5.74) is 12.7. The van der Waals surface area contributed by atoms with Crippen molar-refractivity contribution < 1.29 is 0 Å². The summed E-state index contributed by atoms with van der Waals surface area (Å²) in [6, 6.07) is 34.8. The first-order chi connectivity index (χ1) is 19.2. The average Bonchev–Trinajstić information content (AvgIpc) is 2.96. The Balaban J connectivity index is 0.000000350. The summed E-state index contributed by atoms with van der Waals surface area (Å²) >= 11 is 0. The van der Waals surface area contributed by atoms with Gasteiger partial charge in [0.25, 0.3) is 0 Å². The van der Waals surface area contributed by atoms with E-state index in [9.17, 15) is 0 Å². The van der Waals surface area contributed by atoms with Crippen molar-refractivity contribution in [2.75, 3.05) is 0 Å². The van der Waals surface area contributed by atoms with Gasteiger partial charge in [0.05, 0.1) is 17.1 Å². The lowest BCUT2D eigenvalue weighted by Gasteiger charge is -2.13. The first-order valence-corrected chi connectivity index (χ1v) is 13.6. The highest BCUT2D eigenvalue weighted by atomic mass is 14.9. The summed E-state index contributed by atoms with van der Waals surface area (Å²) in [5, 5.41) is 0. The molecular weight excluding hydrogens is 486 g/mol. The van der Waals surface area contributed by atoms with Crippen LogP contribution in [0.2, 0.25) is 0 Å². The molecular formula is C37H37N3. The van der Waals surface area contributed by atoms with E-state index in [-0.39, 0.29) is 0 Å². The molecule has 0 fully saturated rings. The predicted octanol–water partition coefficient (Wildman–Crippen LogP) is 9.24. The predicted molar refractivity (Wildman–Crippen MR) is 170 cm³/mol. The molecule has 5 rings (SSSR count). The molecule has 3 heteroatoms. The van der Waals surface area contributed by atoms with Gasteiger partial charge in [-0.15, -0.1) is 0 Å². The van der Waals surface area contributed by atoms with Gasteiger partial charge in [0.2, 0.25) is 0 Å². The second kappa shape index (κ2) is 12.9. The Morgan fingerprint density at radius 1 is 0.575 bits per heavy atom. The molecule has 40 heavy (non-hydrogen) atoms. The van der Waals surface area contributed by atoms with E-state index in [0.29, 0.717) is 5.82 Å². The van der Waals surface area contributed by atoms with Crippen LogP contribution < -0.4 is 0 Å². The van der Waals surface area contributed by atoms with Gasteiger partial charge < -0.3 is 0 Å². The van der Waals surface area contributed by atoms with Gasteiger partial charge in [0.15, 0.2) is 5.82 Å². The van der Waals surface area contributed by atoms with Gasteiger partial charge in [0, 0.05) is 16.8 Å². The molecule has 5 aromatic rings. The van der Waals surface area contributed by atoms with Crippen LogP contribution in [0, 0.1) is 41.5 Å². The van der Waals surface area contributed by atoms with Crippen molar-refractivity contribution in [3.63, 3.8) is 0 Å². The lowest BCUT2D eigenvalue weighted by molar-refractivity contribution is 1.05. The largest absolute Gasteiger partial charge is 0.246 e. The molecule has 1 heterocycles. The maximum Gasteiger partial charge on any atom is 0.160 e. The van der Waals surface area contributed by atoms with E-state index in [1.807, 2.05) is 61.5 Å². The standard InChI is InChI=1S/C28H25N3.C9H12/c1-19-12-11-13-20(2)26(19)31-27(24-16-9-6-10-17-24)25-18-21(3)29-28(30-25)22(4)23-14-7-5-8-15-23;1-7-5-4-6-8(2)9(7)3/h5-18H,4H2,1-3H3;4-6H,1-3H3. The van der Waals surface area contributed by atoms with Gasteiger partial charge in [-0.1, -0.05) is 104 Å². The number of hydrogen-bond acceptors (Lipinski definition) is 3. The van der Waals surface area contributed by atoms with Crippen molar-refractivity contribution in [1.82, 2.24) is 9.97 Å². The van der Waals surface area contributed by atoms with Crippen LogP contribution in [-0.2, 0) is 0 Å². The number of aliphatic imine (C=N–C) groups is 1. The van der Waals surface area contributed by atoms with Crippen molar-refractivity contribution in [3.05, 3.63) is 166 Å². The fourth-order valence-electron chi connectivity index (χ4n) is 4.45. The van der Waals surface area contributed by atoms with E-state index >= 15 is 0 Å². The van der Waals surface area contributed by atoms with Gasteiger partial charge in [0.1, 0.15) is 0 Å². The minimum Gasteiger partial charge on any atom is -0.246 e. The molecule has 0 aliphatic heterocycles. The van der Waals surface area contributed by atoms with Gasteiger partial charge in [-0.3, -0.25) is 0 Å². The highest BCUT2D eigenvalue weighted by Crippen LogP contribution is 2.26. The summed E-state index contributed by atoms with van der Waals surface area (Å²) < 4.78 is 0. The molecule has 200 valence electrons. The minimum absolute atomic E-state index is 0.617. The number of aromatic nitrogens is 2. The van der Waals surface area contributed by atoms with Gasteiger partial charge in [-0.05, 0) is 81.0 Å². The Morgan fingerprint density at radius 2 is 1.07 bits per heavy atom. The van der Waals surface area contributed by atoms with E-state index < -0.39 is 0 Å². The van der Waals surface area contributed by atoms with Gasteiger partial charge >= 0.3 is 0 Å². The Kier molecular flexibility index (Phi) is 9.19. The molecule has 4 aromatic carbocycles. The highest BCUT2D eigenvalue weighted by molar-refractivity contribution is 6.13.